The molecule has 43 heavy (non-hydrogen) atoms. The molecule has 5 amide bonds. The maximum atomic E-state index is 13.2. The molecule has 228 valence electrons. The lowest BCUT2D eigenvalue weighted by Gasteiger charge is -2.43. The first-order valence-corrected chi connectivity index (χ1v) is 13.6. The molecule has 13 heteroatoms. The van der Waals surface area contributed by atoms with Crippen LogP contribution in [0.5, 0.6) is 0 Å². The normalized spacial score (nSPS) is 17.1. The van der Waals surface area contributed by atoms with Gasteiger partial charge in [0, 0.05) is 6.20 Å². The third kappa shape index (κ3) is 8.32. The van der Waals surface area contributed by atoms with Crippen molar-refractivity contribution in [2.24, 2.45) is 5.92 Å². The summed E-state index contributed by atoms with van der Waals surface area (Å²) in [7, 11) is 0. The van der Waals surface area contributed by atoms with Gasteiger partial charge in [-0.3, -0.25) is 14.5 Å². The van der Waals surface area contributed by atoms with E-state index in [9.17, 15) is 24.0 Å². The second-order valence-electron chi connectivity index (χ2n) is 12.0. The van der Waals surface area contributed by atoms with E-state index in [2.05, 4.69) is 15.1 Å². The minimum Gasteiger partial charge on any atom is -0.443 e. The van der Waals surface area contributed by atoms with Gasteiger partial charge < -0.3 is 20.3 Å². The van der Waals surface area contributed by atoms with Crippen molar-refractivity contribution < 1.29 is 38.2 Å². The first kappa shape index (κ1) is 32.6. The van der Waals surface area contributed by atoms with Crippen LogP contribution in [0.1, 0.15) is 65.6 Å². The highest BCUT2D eigenvalue weighted by atomic mass is 16.6. The van der Waals surface area contributed by atoms with E-state index in [1.165, 1.54) is 12.3 Å². The number of Topliss-reactive ketones (excluding diaryl/α,β-unsaturated/α-hetero) is 1. The summed E-state index contributed by atoms with van der Waals surface area (Å²) in [6.07, 6.45) is -0.135. The molecule has 0 bridgehead atoms. The number of amides is 5. The van der Waals surface area contributed by atoms with E-state index in [1.54, 1.807) is 54.5 Å². The molecular weight excluding hydrogens is 556 g/mol. The number of rotatable bonds is 7. The van der Waals surface area contributed by atoms with Crippen molar-refractivity contribution in [1.29, 1.82) is 0 Å². The lowest BCUT2D eigenvalue weighted by atomic mass is 9.80. The van der Waals surface area contributed by atoms with Crippen LogP contribution in [-0.4, -0.2) is 68.0 Å². The lowest BCUT2D eigenvalue weighted by Crippen LogP contribution is -2.69. The second-order valence-corrected chi connectivity index (χ2v) is 12.0. The Morgan fingerprint density at radius 2 is 1.63 bits per heavy atom. The molecule has 2 aromatic rings. The predicted molar refractivity (Wildman–Crippen MR) is 155 cm³/mol. The average molecular weight is 593 g/mol. The molecule has 1 N–H and O–H groups in total. The molecule has 3 rings (SSSR count). The molecule has 0 radical (unpaired) electrons. The van der Waals surface area contributed by atoms with Crippen LogP contribution >= 0.6 is 0 Å². The van der Waals surface area contributed by atoms with Crippen molar-refractivity contribution in [1.82, 2.24) is 15.2 Å². The van der Waals surface area contributed by atoms with Crippen molar-refractivity contribution in [3.63, 3.8) is 0 Å². The number of aromatic nitrogens is 1. The van der Waals surface area contributed by atoms with Gasteiger partial charge in [-0.1, -0.05) is 30.3 Å². The van der Waals surface area contributed by atoms with Gasteiger partial charge in [-0.25, -0.2) is 19.4 Å². The minimum absolute atomic E-state index is 0.0570. The number of carbonyl (C=O) groups excluding carboxylic acids is 5. The molecule has 1 aromatic carbocycles. The molecule has 1 aliphatic rings. The van der Waals surface area contributed by atoms with E-state index in [1.807, 2.05) is 30.3 Å². The van der Waals surface area contributed by atoms with Crippen molar-refractivity contribution in [3.8, 4) is 0 Å². The minimum atomic E-state index is -1.25. The highest BCUT2D eigenvalue weighted by Crippen LogP contribution is 2.32. The van der Waals surface area contributed by atoms with Crippen LogP contribution in [0.15, 0.2) is 48.7 Å². The monoisotopic (exact) mass is 592 g/mol. The number of β-lactam (4-membered cyclic amide) rings is 1. The van der Waals surface area contributed by atoms with E-state index in [-0.39, 0.29) is 12.2 Å². The van der Waals surface area contributed by atoms with E-state index in [0.29, 0.717) is 16.7 Å². The Morgan fingerprint density at radius 1 is 1.05 bits per heavy atom. The van der Waals surface area contributed by atoms with Crippen LogP contribution in [0.25, 0.3) is 5.53 Å². The van der Waals surface area contributed by atoms with E-state index in [4.69, 9.17) is 15.0 Å². The summed E-state index contributed by atoms with van der Waals surface area (Å²) in [6.45, 7) is 11.6. The number of nitrogens with one attached hydrogen (secondary N) is 1. The highest BCUT2D eigenvalue weighted by Gasteiger charge is 2.55. The van der Waals surface area contributed by atoms with Crippen LogP contribution in [0.2, 0.25) is 0 Å². The Morgan fingerprint density at radius 3 is 2.16 bits per heavy atom. The summed E-state index contributed by atoms with van der Waals surface area (Å²) in [4.78, 5) is 73.6. The zero-order chi connectivity index (χ0) is 32.1. The van der Waals surface area contributed by atoms with Gasteiger partial charge in [0.05, 0.1) is 12.0 Å². The van der Waals surface area contributed by atoms with Gasteiger partial charge in [-0.05, 0) is 78.1 Å². The Bertz CT molecular complexity index is 1410. The molecule has 2 heterocycles. The predicted octanol–water partition coefficient (Wildman–Crippen LogP) is 4.47. The standard InChI is InChI=1S/C30H36N6O7/c1-18(20-11-9-8-10-12-20)34-26(39)36-24(22(37)17-33-31)21(25(36)38)15-19-13-14-32-23(16-19)35(27(40)42-29(2,3)4)28(41)43-30(5,6)7/h8-14,16-18,21,24H,15H2,1-7H3,(H,34,39)/t18-,21-,24+/m1/s1. The third-order valence-corrected chi connectivity index (χ3v) is 6.20. The highest BCUT2D eigenvalue weighted by molar-refractivity contribution is 6.31. The topological polar surface area (TPSA) is 172 Å². The molecule has 1 saturated heterocycles. The third-order valence-electron chi connectivity index (χ3n) is 6.20. The van der Waals surface area contributed by atoms with Crippen LogP contribution in [0.3, 0.4) is 0 Å². The fraction of sp³-hybridized carbons (Fsp3) is 0.433. The van der Waals surface area contributed by atoms with Crippen LogP contribution in [0, 0.1) is 5.92 Å². The van der Waals surface area contributed by atoms with Gasteiger partial charge in [0.2, 0.25) is 5.91 Å². The number of ketones is 1. The first-order valence-electron chi connectivity index (χ1n) is 13.6. The maximum absolute atomic E-state index is 13.2. The summed E-state index contributed by atoms with van der Waals surface area (Å²) in [5.74, 6) is -2.51. The Labute approximate surface area is 249 Å². The molecule has 0 spiro atoms. The molecule has 1 fully saturated rings. The van der Waals surface area contributed by atoms with Gasteiger partial charge in [0.15, 0.2) is 0 Å². The van der Waals surface area contributed by atoms with Crippen LogP contribution < -0.4 is 10.2 Å². The van der Waals surface area contributed by atoms with Crippen molar-refractivity contribution in [3.05, 3.63) is 65.3 Å². The maximum Gasteiger partial charge on any atom is 0.425 e. The smallest absolute Gasteiger partial charge is 0.425 e. The number of anilines is 1. The zero-order valence-electron chi connectivity index (χ0n) is 25.2. The number of pyridine rings is 1. The van der Waals surface area contributed by atoms with Crippen molar-refractivity contribution in [2.45, 2.75) is 78.2 Å². The number of imide groups is 2. The average Bonchev–Trinajstić information content (AvgIpc) is 2.88. The number of hydrogen-bond donors (Lipinski definition) is 1. The number of nitrogens with zero attached hydrogens (tertiary/aromatic N) is 5. The molecule has 13 nitrogen and oxygen atoms in total. The second kappa shape index (κ2) is 13.0. The lowest BCUT2D eigenvalue weighted by molar-refractivity contribution is -0.155. The van der Waals surface area contributed by atoms with Gasteiger partial charge >= 0.3 is 24.4 Å². The molecule has 1 aromatic heterocycles. The van der Waals surface area contributed by atoms with Crippen LogP contribution in [0.4, 0.5) is 20.2 Å². The summed E-state index contributed by atoms with van der Waals surface area (Å²) < 4.78 is 10.8. The Kier molecular flexibility index (Phi) is 9.82. The van der Waals surface area contributed by atoms with Crippen molar-refractivity contribution in [2.75, 3.05) is 4.90 Å². The Balaban J connectivity index is 1.88. The summed E-state index contributed by atoms with van der Waals surface area (Å²) in [5.41, 5.74) is 8.33. The van der Waals surface area contributed by atoms with Gasteiger partial charge in [-0.2, -0.15) is 9.69 Å². The molecule has 0 saturated carbocycles. The SMILES string of the molecule is C[C@@H](NC(=O)N1C(=O)[C@H](Cc2ccnc(N(C(=O)OC(C)(C)C)C(=O)OC(C)(C)C)c2)[C@H]1C(=O)C=[N+]=[N-])c1ccccc1. The number of hydrogen-bond acceptors (Lipinski definition) is 8. The van der Waals surface area contributed by atoms with E-state index in [0.717, 1.165) is 10.5 Å². The number of carbonyl (C=O) groups is 5. The van der Waals surface area contributed by atoms with E-state index < -0.39 is 59.1 Å². The number of ether oxygens (including phenoxy) is 2. The van der Waals surface area contributed by atoms with Gasteiger partial charge in [0.1, 0.15) is 23.1 Å². The summed E-state index contributed by atoms with van der Waals surface area (Å²) in [6, 6.07) is 9.51. The largest absolute Gasteiger partial charge is 0.443 e. The number of urea groups is 1. The molecule has 0 aliphatic carbocycles. The fourth-order valence-electron chi connectivity index (χ4n) is 4.35. The summed E-state index contributed by atoms with van der Waals surface area (Å²) >= 11 is 0. The molecule has 3 atom stereocenters. The van der Waals surface area contributed by atoms with E-state index >= 15 is 0 Å². The Hall–Kier alpha value is -4.90. The molecule has 0 unspecified atom stereocenters. The molecule has 1 aliphatic heterocycles. The van der Waals surface area contributed by atoms with Gasteiger partial charge in [0.25, 0.3) is 5.78 Å². The quantitative estimate of drug-likeness (QED) is 0.212. The van der Waals surface area contributed by atoms with Crippen molar-refractivity contribution >= 4 is 41.9 Å². The number of benzene rings is 1. The molecular formula is C30H36N6O7. The summed E-state index contributed by atoms with van der Waals surface area (Å²) in [5, 5.41) is 2.71. The first-order chi connectivity index (χ1) is 20.0. The zero-order valence-corrected chi connectivity index (χ0v) is 25.2. The van der Waals surface area contributed by atoms with Crippen LogP contribution in [-0.2, 0) is 25.5 Å². The fourth-order valence-corrected chi connectivity index (χ4v) is 4.35. The van der Waals surface area contributed by atoms with Gasteiger partial charge in [-0.15, -0.1) is 0 Å². The number of likely N-dealkylation sites (tertiary alicyclic amines) is 1.